The molecule has 1 fully saturated rings. The van der Waals surface area contributed by atoms with Gasteiger partial charge in [-0.05, 0) is 51.0 Å². The molecule has 33 heavy (non-hydrogen) atoms. The van der Waals surface area contributed by atoms with Crippen molar-refractivity contribution in [3.63, 3.8) is 0 Å². The summed E-state index contributed by atoms with van der Waals surface area (Å²) >= 11 is 7.44. The Hall–Kier alpha value is -2.84. The van der Waals surface area contributed by atoms with Gasteiger partial charge in [-0.1, -0.05) is 53.2 Å². The first kappa shape index (κ1) is 23.3. The number of likely N-dealkylation sites (tertiary alicyclic amines) is 1. The Labute approximate surface area is 202 Å². The number of rotatable bonds is 7. The normalized spacial score (nSPS) is 15.6. The molecule has 0 saturated carbocycles. The van der Waals surface area contributed by atoms with Crippen LogP contribution in [0.4, 0.5) is 5.69 Å². The van der Waals surface area contributed by atoms with Crippen LogP contribution in [0, 0.1) is 6.92 Å². The van der Waals surface area contributed by atoms with Crippen molar-refractivity contribution < 1.29 is 9.59 Å². The Morgan fingerprint density at radius 1 is 1.18 bits per heavy atom. The van der Waals surface area contributed by atoms with Gasteiger partial charge in [0, 0.05) is 18.7 Å². The molecule has 1 aliphatic rings. The SMILES string of the molecule is CCn1c(SCC(=O)Nc2ccccc2Cl)nnc1C1CCCN1C(=O)c1cccc(C)c1. The molecule has 1 N–H and O–H groups in total. The minimum absolute atomic E-state index is 0.0140. The van der Waals surface area contributed by atoms with E-state index in [2.05, 4.69) is 15.5 Å². The van der Waals surface area contributed by atoms with Crippen LogP contribution in [0.3, 0.4) is 0 Å². The lowest BCUT2D eigenvalue weighted by molar-refractivity contribution is -0.113. The Balaban J connectivity index is 1.47. The summed E-state index contributed by atoms with van der Waals surface area (Å²) in [5.74, 6) is 0.794. The molecule has 2 heterocycles. The number of benzene rings is 2. The maximum absolute atomic E-state index is 13.2. The third-order valence-electron chi connectivity index (χ3n) is 5.62. The topological polar surface area (TPSA) is 80.1 Å². The van der Waals surface area contributed by atoms with Crippen molar-refractivity contribution in [2.45, 2.75) is 44.4 Å². The number of hydrogen-bond acceptors (Lipinski definition) is 5. The second-order valence-corrected chi connectivity index (χ2v) is 9.28. The molecular formula is C24H26ClN5O2S. The quantitative estimate of drug-likeness (QED) is 0.480. The van der Waals surface area contributed by atoms with Crippen molar-refractivity contribution in [3.05, 3.63) is 70.5 Å². The first-order valence-electron chi connectivity index (χ1n) is 11.0. The monoisotopic (exact) mass is 483 g/mol. The Morgan fingerprint density at radius 3 is 2.76 bits per heavy atom. The number of anilines is 1. The molecule has 4 rings (SSSR count). The maximum Gasteiger partial charge on any atom is 0.254 e. The van der Waals surface area contributed by atoms with Crippen LogP contribution in [0.15, 0.2) is 53.7 Å². The third kappa shape index (κ3) is 5.23. The van der Waals surface area contributed by atoms with E-state index in [4.69, 9.17) is 11.6 Å². The van der Waals surface area contributed by atoms with Gasteiger partial charge in [0.25, 0.3) is 5.91 Å². The second-order valence-electron chi connectivity index (χ2n) is 7.93. The number of nitrogens with one attached hydrogen (secondary N) is 1. The van der Waals surface area contributed by atoms with E-state index >= 15 is 0 Å². The number of aromatic nitrogens is 3. The van der Waals surface area contributed by atoms with Crippen molar-refractivity contribution in [3.8, 4) is 0 Å². The van der Waals surface area contributed by atoms with Gasteiger partial charge in [-0.25, -0.2) is 0 Å². The summed E-state index contributed by atoms with van der Waals surface area (Å²) in [6.07, 6.45) is 1.76. The summed E-state index contributed by atoms with van der Waals surface area (Å²) in [5, 5.41) is 12.8. The number of para-hydroxylation sites is 1. The molecular weight excluding hydrogens is 458 g/mol. The zero-order valence-corrected chi connectivity index (χ0v) is 20.2. The lowest BCUT2D eigenvalue weighted by Gasteiger charge is -2.24. The highest BCUT2D eigenvalue weighted by molar-refractivity contribution is 7.99. The summed E-state index contributed by atoms with van der Waals surface area (Å²) in [6.45, 7) is 5.34. The molecule has 0 bridgehead atoms. The van der Waals surface area contributed by atoms with Gasteiger partial charge in [0.15, 0.2) is 11.0 Å². The van der Waals surface area contributed by atoms with E-state index in [9.17, 15) is 9.59 Å². The zero-order valence-electron chi connectivity index (χ0n) is 18.6. The van der Waals surface area contributed by atoms with Gasteiger partial charge in [0.1, 0.15) is 0 Å². The van der Waals surface area contributed by atoms with Crippen LogP contribution in [-0.4, -0.2) is 43.8 Å². The van der Waals surface area contributed by atoms with Gasteiger partial charge < -0.3 is 14.8 Å². The standard InChI is InChI=1S/C24H26ClN5O2S/c1-3-29-22(20-12-7-13-30(20)23(32)17-9-6-8-16(2)14-17)27-28-24(29)33-15-21(31)26-19-11-5-4-10-18(19)25/h4-6,8-11,14,20H,3,7,12-13,15H2,1-2H3,(H,26,31). The van der Waals surface area contributed by atoms with Crippen LogP contribution in [0.1, 0.15) is 47.6 Å². The van der Waals surface area contributed by atoms with Gasteiger partial charge in [0.05, 0.1) is 22.5 Å². The summed E-state index contributed by atoms with van der Waals surface area (Å²) in [5.41, 5.74) is 2.33. The van der Waals surface area contributed by atoms with Gasteiger partial charge in [-0.3, -0.25) is 9.59 Å². The molecule has 1 saturated heterocycles. The average molecular weight is 484 g/mol. The van der Waals surface area contributed by atoms with E-state index in [1.165, 1.54) is 11.8 Å². The number of aryl methyl sites for hydroxylation is 1. The number of hydrogen-bond donors (Lipinski definition) is 1. The Morgan fingerprint density at radius 2 is 2.00 bits per heavy atom. The summed E-state index contributed by atoms with van der Waals surface area (Å²) in [4.78, 5) is 27.5. The molecule has 2 aromatic carbocycles. The van der Waals surface area contributed by atoms with Crippen LogP contribution >= 0.6 is 23.4 Å². The highest BCUT2D eigenvalue weighted by Gasteiger charge is 2.34. The number of amides is 2. The molecule has 172 valence electrons. The largest absolute Gasteiger partial charge is 0.328 e. The fraction of sp³-hybridized carbons (Fsp3) is 0.333. The molecule has 1 aliphatic heterocycles. The van der Waals surface area contributed by atoms with Crippen molar-refractivity contribution in [2.24, 2.45) is 0 Å². The van der Waals surface area contributed by atoms with Crippen LogP contribution in [-0.2, 0) is 11.3 Å². The summed E-state index contributed by atoms with van der Waals surface area (Å²) < 4.78 is 2.00. The zero-order chi connectivity index (χ0) is 23.4. The molecule has 1 atom stereocenters. The van der Waals surface area contributed by atoms with Crippen molar-refractivity contribution in [1.82, 2.24) is 19.7 Å². The molecule has 0 spiro atoms. The van der Waals surface area contributed by atoms with Crippen LogP contribution in [0.2, 0.25) is 5.02 Å². The lowest BCUT2D eigenvalue weighted by atomic mass is 10.1. The molecule has 1 unspecified atom stereocenters. The molecule has 3 aromatic rings. The van der Waals surface area contributed by atoms with Crippen LogP contribution < -0.4 is 5.32 Å². The summed E-state index contributed by atoms with van der Waals surface area (Å²) in [6, 6.07) is 14.7. The van der Waals surface area contributed by atoms with E-state index in [0.29, 0.717) is 34.5 Å². The van der Waals surface area contributed by atoms with Crippen LogP contribution in [0.25, 0.3) is 0 Å². The summed E-state index contributed by atoms with van der Waals surface area (Å²) in [7, 11) is 0. The molecule has 9 heteroatoms. The molecule has 1 aromatic heterocycles. The van der Waals surface area contributed by atoms with Crippen molar-refractivity contribution in [1.29, 1.82) is 0 Å². The predicted molar refractivity (Wildman–Crippen MR) is 131 cm³/mol. The molecule has 0 aliphatic carbocycles. The number of nitrogens with zero attached hydrogens (tertiary/aromatic N) is 4. The third-order valence-corrected chi connectivity index (χ3v) is 6.92. The van der Waals surface area contributed by atoms with E-state index in [1.807, 2.05) is 59.7 Å². The van der Waals surface area contributed by atoms with E-state index in [-0.39, 0.29) is 23.6 Å². The van der Waals surface area contributed by atoms with Gasteiger partial charge in [-0.2, -0.15) is 0 Å². The smallest absolute Gasteiger partial charge is 0.254 e. The fourth-order valence-electron chi connectivity index (χ4n) is 4.05. The molecule has 2 amide bonds. The van der Waals surface area contributed by atoms with Crippen molar-refractivity contribution in [2.75, 3.05) is 17.6 Å². The van der Waals surface area contributed by atoms with E-state index in [0.717, 1.165) is 24.2 Å². The van der Waals surface area contributed by atoms with Crippen molar-refractivity contribution >= 4 is 40.9 Å². The molecule has 0 radical (unpaired) electrons. The lowest BCUT2D eigenvalue weighted by Crippen LogP contribution is -2.32. The number of halogens is 1. The first-order chi connectivity index (χ1) is 16.0. The minimum Gasteiger partial charge on any atom is -0.328 e. The Bertz CT molecular complexity index is 1170. The number of carbonyl (C=O) groups excluding carboxylic acids is 2. The number of carbonyl (C=O) groups is 2. The van der Waals surface area contributed by atoms with Crippen LogP contribution in [0.5, 0.6) is 0 Å². The molecule has 7 nitrogen and oxygen atoms in total. The van der Waals surface area contributed by atoms with Gasteiger partial charge >= 0.3 is 0 Å². The van der Waals surface area contributed by atoms with E-state index < -0.39 is 0 Å². The first-order valence-corrected chi connectivity index (χ1v) is 12.3. The van der Waals surface area contributed by atoms with Gasteiger partial charge in [-0.15, -0.1) is 10.2 Å². The van der Waals surface area contributed by atoms with E-state index in [1.54, 1.807) is 12.1 Å². The minimum atomic E-state index is -0.169. The highest BCUT2D eigenvalue weighted by atomic mass is 35.5. The number of thioether (sulfide) groups is 1. The van der Waals surface area contributed by atoms with Gasteiger partial charge in [0.2, 0.25) is 5.91 Å². The highest BCUT2D eigenvalue weighted by Crippen LogP contribution is 2.34. The second kappa shape index (κ2) is 10.4. The maximum atomic E-state index is 13.2. The fourth-order valence-corrected chi connectivity index (χ4v) is 5.04. The Kier molecular flexibility index (Phi) is 7.35. The predicted octanol–water partition coefficient (Wildman–Crippen LogP) is 4.97. The average Bonchev–Trinajstić information content (AvgIpc) is 3.45.